The fraction of sp³-hybridized carbons (Fsp3) is 0.667. The molecule has 0 radical (unpaired) electrons. The first-order valence-corrected chi connectivity index (χ1v) is 9.72. The van der Waals surface area contributed by atoms with Crippen LogP contribution in [-0.4, -0.2) is 37.0 Å². The minimum absolute atomic E-state index is 0.0576. The van der Waals surface area contributed by atoms with E-state index in [1.807, 2.05) is 13.0 Å². The van der Waals surface area contributed by atoms with Crippen LogP contribution in [0.4, 0.5) is 4.39 Å². The lowest BCUT2D eigenvalue weighted by Gasteiger charge is -2.41. The molecule has 1 aromatic carbocycles. The van der Waals surface area contributed by atoms with E-state index in [0.717, 1.165) is 38.9 Å². The summed E-state index contributed by atoms with van der Waals surface area (Å²) >= 11 is 0. The third-order valence-corrected chi connectivity index (χ3v) is 5.91. The average Bonchev–Trinajstić information content (AvgIpc) is 2.83. The van der Waals surface area contributed by atoms with E-state index >= 15 is 0 Å². The van der Waals surface area contributed by atoms with Crippen LogP contribution in [0.5, 0.6) is 0 Å². The summed E-state index contributed by atoms with van der Waals surface area (Å²) in [6, 6.07) is 5.21. The topological polar surface area (TPSA) is 32.3 Å². The van der Waals surface area contributed by atoms with Gasteiger partial charge in [0.15, 0.2) is 0 Å². The van der Waals surface area contributed by atoms with Crippen molar-refractivity contribution in [2.24, 2.45) is 5.92 Å². The van der Waals surface area contributed by atoms with E-state index in [2.05, 4.69) is 24.1 Å². The Labute approximate surface area is 151 Å². The van der Waals surface area contributed by atoms with Crippen molar-refractivity contribution in [1.82, 2.24) is 10.2 Å². The van der Waals surface area contributed by atoms with Gasteiger partial charge in [-0.25, -0.2) is 4.39 Å². The van der Waals surface area contributed by atoms with Crippen LogP contribution in [0.3, 0.4) is 0 Å². The standard InChI is InChI=1S/C21H31FN2O/c1-4-23-20(25)11-16-13-21(19-12-17(22)5-6-18(16)19)7-9-24(10-8-21)14-15(2)3/h5-6,12,15-16H,4,7-11,13-14H2,1-3H3,(H,23,25)/t16-/m1/s1. The number of nitrogens with zero attached hydrogens (tertiary/aromatic N) is 1. The van der Waals surface area contributed by atoms with Gasteiger partial charge in [-0.1, -0.05) is 19.9 Å². The minimum atomic E-state index is -0.151. The van der Waals surface area contributed by atoms with Gasteiger partial charge >= 0.3 is 0 Å². The van der Waals surface area contributed by atoms with Gasteiger partial charge in [0.25, 0.3) is 0 Å². The Morgan fingerprint density at radius 3 is 2.72 bits per heavy atom. The van der Waals surface area contributed by atoms with Gasteiger partial charge in [-0.15, -0.1) is 0 Å². The SMILES string of the molecule is CCNC(=O)C[C@@H]1CC2(CCN(CC(C)C)CC2)c2cc(F)ccc21. The average molecular weight is 346 g/mol. The molecule has 1 fully saturated rings. The maximum Gasteiger partial charge on any atom is 0.220 e. The Morgan fingerprint density at radius 2 is 2.08 bits per heavy atom. The molecule has 0 saturated carbocycles. The van der Waals surface area contributed by atoms with Crippen molar-refractivity contribution in [2.45, 2.75) is 57.8 Å². The third-order valence-electron chi connectivity index (χ3n) is 5.91. The minimum Gasteiger partial charge on any atom is -0.356 e. The summed E-state index contributed by atoms with van der Waals surface area (Å²) in [5, 5.41) is 2.91. The number of hydrogen-bond acceptors (Lipinski definition) is 2. The van der Waals surface area contributed by atoms with E-state index in [1.165, 1.54) is 11.1 Å². The van der Waals surface area contributed by atoms with Crippen LogP contribution in [0.15, 0.2) is 18.2 Å². The lowest BCUT2D eigenvalue weighted by atomic mass is 9.73. The van der Waals surface area contributed by atoms with E-state index < -0.39 is 0 Å². The van der Waals surface area contributed by atoms with Gasteiger partial charge in [-0.2, -0.15) is 0 Å². The Bertz CT molecular complexity index is 620. The highest BCUT2D eigenvalue weighted by Gasteiger charge is 2.45. The molecular formula is C21H31FN2O. The molecule has 1 heterocycles. The fourth-order valence-electron chi connectivity index (χ4n) is 4.86. The second kappa shape index (κ2) is 7.45. The summed E-state index contributed by atoms with van der Waals surface area (Å²) in [6.45, 7) is 10.4. The maximum atomic E-state index is 14.0. The molecule has 1 spiro atoms. The molecule has 4 heteroatoms. The predicted molar refractivity (Wildman–Crippen MR) is 99.2 cm³/mol. The van der Waals surface area contributed by atoms with Crippen LogP contribution >= 0.6 is 0 Å². The van der Waals surface area contributed by atoms with Crippen LogP contribution in [-0.2, 0) is 10.2 Å². The number of likely N-dealkylation sites (tertiary alicyclic amines) is 1. The van der Waals surface area contributed by atoms with Gasteiger partial charge in [-0.05, 0) is 79.8 Å². The van der Waals surface area contributed by atoms with Crippen LogP contribution in [0, 0.1) is 11.7 Å². The summed E-state index contributed by atoms with van der Waals surface area (Å²) in [4.78, 5) is 14.7. The molecule has 1 aromatic rings. The van der Waals surface area contributed by atoms with Crippen LogP contribution in [0.25, 0.3) is 0 Å². The Hall–Kier alpha value is -1.42. The van der Waals surface area contributed by atoms with Crippen LogP contribution in [0.1, 0.15) is 63.5 Å². The third kappa shape index (κ3) is 3.89. The molecule has 1 atom stereocenters. The maximum absolute atomic E-state index is 14.0. The molecule has 0 bridgehead atoms. The summed E-state index contributed by atoms with van der Waals surface area (Å²) in [6.07, 6.45) is 3.65. The molecule has 2 aliphatic rings. The van der Waals surface area contributed by atoms with Crippen LogP contribution in [0.2, 0.25) is 0 Å². The molecule has 1 N–H and O–H groups in total. The number of halogens is 1. The summed E-state index contributed by atoms with van der Waals surface area (Å²) < 4.78 is 14.0. The van der Waals surface area contributed by atoms with Crippen molar-refractivity contribution in [2.75, 3.05) is 26.2 Å². The number of carbonyl (C=O) groups excluding carboxylic acids is 1. The number of carbonyl (C=O) groups is 1. The number of piperidine rings is 1. The molecule has 25 heavy (non-hydrogen) atoms. The number of nitrogens with one attached hydrogen (secondary N) is 1. The van der Waals surface area contributed by atoms with Gasteiger partial charge in [0.1, 0.15) is 5.82 Å². The Balaban J connectivity index is 1.80. The Kier molecular flexibility index (Phi) is 5.47. The van der Waals surface area contributed by atoms with E-state index in [1.54, 1.807) is 12.1 Å². The Morgan fingerprint density at radius 1 is 1.36 bits per heavy atom. The molecule has 0 aromatic heterocycles. The smallest absolute Gasteiger partial charge is 0.220 e. The van der Waals surface area contributed by atoms with Gasteiger partial charge in [-0.3, -0.25) is 4.79 Å². The molecule has 1 aliphatic carbocycles. The number of rotatable bonds is 5. The molecule has 1 aliphatic heterocycles. The van der Waals surface area contributed by atoms with Crippen molar-refractivity contribution >= 4 is 5.91 Å². The summed E-state index contributed by atoms with van der Waals surface area (Å²) in [7, 11) is 0. The first-order chi connectivity index (χ1) is 11.9. The first kappa shape index (κ1) is 18.4. The monoisotopic (exact) mass is 346 g/mol. The lowest BCUT2D eigenvalue weighted by molar-refractivity contribution is -0.121. The molecule has 3 rings (SSSR count). The fourth-order valence-corrected chi connectivity index (χ4v) is 4.86. The zero-order valence-electron chi connectivity index (χ0n) is 15.8. The number of amides is 1. The number of hydrogen-bond donors (Lipinski definition) is 1. The predicted octanol–water partition coefficient (Wildman–Crippen LogP) is 3.83. The highest BCUT2D eigenvalue weighted by atomic mass is 19.1. The highest BCUT2D eigenvalue weighted by Crippen LogP contribution is 2.52. The van der Waals surface area contributed by atoms with E-state index in [4.69, 9.17) is 0 Å². The first-order valence-electron chi connectivity index (χ1n) is 9.72. The molecule has 1 amide bonds. The highest BCUT2D eigenvalue weighted by molar-refractivity contribution is 5.77. The van der Waals surface area contributed by atoms with Gasteiger partial charge in [0.2, 0.25) is 5.91 Å². The zero-order chi connectivity index (χ0) is 18.0. The second-order valence-corrected chi connectivity index (χ2v) is 8.27. The number of benzene rings is 1. The van der Waals surface area contributed by atoms with Crippen molar-refractivity contribution in [1.29, 1.82) is 0 Å². The van der Waals surface area contributed by atoms with Crippen molar-refractivity contribution in [3.05, 3.63) is 35.1 Å². The quantitative estimate of drug-likeness (QED) is 0.879. The number of fused-ring (bicyclic) bond motifs is 2. The van der Waals surface area contributed by atoms with Gasteiger partial charge in [0.05, 0.1) is 0 Å². The summed E-state index contributed by atoms with van der Waals surface area (Å²) in [5.41, 5.74) is 2.43. The lowest BCUT2D eigenvalue weighted by Crippen LogP contribution is -2.43. The second-order valence-electron chi connectivity index (χ2n) is 8.27. The van der Waals surface area contributed by atoms with E-state index in [0.29, 0.717) is 18.9 Å². The van der Waals surface area contributed by atoms with Gasteiger partial charge < -0.3 is 10.2 Å². The normalized spacial score (nSPS) is 22.4. The zero-order valence-corrected chi connectivity index (χ0v) is 15.8. The molecule has 0 unspecified atom stereocenters. The summed E-state index contributed by atoms with van der Waals surface area (Å²) in [5.74, 6) is 0.852. The molecule has 1 saturated heterocycles. The van der Waals surface area contributed by atoms with Crippen molar-refractivity contribution in [3.8, 4) is 0 Å². The molecule has 3 nitrogen and oxygen atoms in total. The van der Waals surface area contributed by atoms with Crippen molar-refractivity contribution in [3.63, 3.8) is 0 Å². The molecule has 138 valence electrons. The van der Waals surface area contributed by atoms with E-state index in [9.17, 15) is 9.18 Å². The van der Waals surface area contributed by atoms with Crippen molar-refractivity contribution < 1.29 is 9.18 Å². The molecular weight excluding hydrogens is 315 g/mol. The van der Waals surface area contributed by atoms with Gasteiger partial charge in [0, 0.05) is 19.5 Å². The van der Waals surface area contributed by atoms with Crippen LogP contribution < -0.4 is 5.32 Å². The van der Waals surface area contributed by atoms with E-state index in [-0.39, 0.29) is 23.1 Å². The largest absolute Gasteiger partial charge is 0.356 e.